The summed E-state index contributed by atoms with van der Waals surface area (Å²) >= 11 is 0. The van der Waals surface area contributed by atoms with E-state index in [4.69, 9.17) is 4.74 Å². The van der Waals surface area contributed by atoms with Gasteiger partial charge in [0.2, 0.25) is 11.8 Å². The zero-order valence-corrected chi connectivity index (χ0v) is 23.9. The van der Waals surface area contributed by atoms with Crippen LogP contribution in [0.3, 0.4) is 0 Å². The van der Waals surface area contributed by atoms with Crippen molar-refractivity contribution in [2.24, 2.45) is 17.8 Å². The van der Waals surface area contributed by atoms with Crippen LogP contribution < -0.4 is 16.0 Å². The van der Waals surface area contributed by atoms with Gasteiger partial charge in [-0.05, 0) is 51.4 Å². The summed E-state index contributed by atoms with van der Waals surface area (Å²) < 4.78 is 5.29. The third-order valence-electron chi connectivity index (χ3n) is 5.74. The Morgan fingerprint density at radius 2 is 1.31 bits per heavy atom. The number of ether oxygens (including phenoxy) is 1. The number of unbranched alkanes of at least 4 members (excludes halogenated alkanes) is 3. The average Bonchev–Trinajstić information content (AvgIpc) is 2.70. The smallest absolute Gasteiger partial charge is 0.408 e. The number of rotatable bonds is 15. The highest BCUT2D eigenvalue weighted by Crippen LogP contribution is 2.16. The Balaban J connectivity index is 5.37. The first kappa shape index (κ1) is 33.2. The topological polar surface area (TPSA) is 117 Å². The van der Waals surface area contributed by atoms with Crippen molar-refractivity contribution in [3.05, 3.63) is 0 Å². The van der Waals surface area contributed by atoms with Crippen molar-refractivity contribution < 1.29 is 24.2 Å². The number of hydrogen-bond acceptors (Lipinski definition) is 5. The Morgan fingerprint density at radius 1 is 0.800 bits per heavy atom. The summed E-state index contributed by atoms with van der Waals surface area (Å²) in [4.78, 5) is 38.6. The quantitative estimate of drug-likeness (QED) is 0.247. The van der Waals surface area contributed by atoms with Gasteiger partial charge in [-0.25, -0.2) is 4.79 Å². The van der Waals surface area contributed by atoms with E-state index in [2.05, 4.69) is 36.7 Å². The van der Waals surface area contributed by atoms with Crippen LogP contribution in [-0.4, -0.2) is 52.8 Å². The van der Waals surface area contributed by atoms with Gasteiger partial charge in [-0.1, -0.05) is 74.1 Å². The number of alkyl carbamates (subject to hydrolysis) is 1. The highest BCUT2D eigenvalue weighted by Gasteiger charge is 2.33. The van der Waals surface area contributed by atoms with Gasteiger partial charge in [0, 0.05) is 0 Å². The van der Waals surface area contributed by atoms with Crippen molar-refractivity contribution >= 4 is 17.9 Å². The van der Waals surface area contributed by atoms with Crippen LogP contribution in [0.1, 0.15) is 108 Å². The molecule has 0 bridgehead atoms. The SMILES string of the molecule is CCCCCC[C@H](O)[C@H](CC(C)C)NC(=O)[C@@H](NC(=O)[C@@H](NC(=O)OC(C)(C)C)C(C)C)C(C)C. The molecule has 0 aromatic rings. The monoisotopic (exact) mass is 499 g/mol. The van der Waals surface area contributed by atoms with E-state index in [-0.39, 0.29) is 23.8 Å². The summed E-state index contributed by atoms with van der Waals surface area (Å²) in [5.74, 6) is -0.876. The molecule has 0 radical (unpaired) electrons. The van der Waals surface area contributed by atoms with Gasteiger partial charge in [0.05, 0.1) is 12.1 Å². The Hall–Kier alpha value is -1.83. The van der Waals surface area contributed by atoms with E-state index in [0.717, 1.165) is 25.7 Å². The fourth-order valence-corrected chi connectivity index (χ4v) is 3.82. The lowest BCUT2D eigenvalue weighted by atomic mass is 9.94. The third kappa shape index (κ3) is 14.4. The number of amides is 3. The summed E-state index contributed by atoms with van der Waals surface area (Å²) in [7, 11) is 0. The van der Waals surface area contributed by atoms with Crippen LogP contribution in [0.5, 0.6) is 0 Å². The second-order valence-corrected chi connectivity index (χ2v) is 11.8. The van der Waals surface area contributed by atoms with Crippen molar-refractivity contribution in [3.8, 4) is 0 Å². The Bertz CT molecular complexity index is 643. The van der Waals surface area contributed by atoms with Crippen molar-refractivity contribution in [1.29, 1.82) is 0 Å². The molecule has 0 spiro atoms. The number of nitrogens with one attached hydrogen (secondary N) is 3. The van der Waals surface area contributed by atoms with Crippen LogP contribution in [0.2, 0.25) is 0 Å². The molecule has 206 valence electrons. The predicted octanol–water partition coefficient (Wildman–Crippen LogP) is 4.54. The molecule has 4 atom stereocenters. The van der Waals surface area contributed by atoms with E-state index in [1.165, 1.54) is 0 Å². The molecule has 0 aromatic heterocycles. The molecule has 0 heterocycles. The van der Waals surface area contributed by atoms with Gasteiger partial charge in [-0.15, -0.1) is 0 Å². The molecule has 4 N–H and O–H groups in total. The Labute approximate surface area is 213 Å². The van der Waals surface area contributed by atoms with Gasteiger partial charge in [0.25, 0.3) is 0 Å². The summed E-state index contributed by atoms with van der Waals surface area (Å²) in [6.07, 6.45) is 4.18. The summed E-state index contributed by atoms with van der Waals surface area (Å²) in [5, 5.41) is 19.2. The van der Waals surface area contributed by atoms with Gasteiger partial charge in [0.15, 0.2) is 0 Å². The first-order valence-corrected chi connectivity index (χ1v) is 13.4. The van der Waals surface area contributed by atoms with E-state index in [1.807, 2.05) is 27.7 Å². The molecule has 0 aliphatic rings. The van der Waals surface area contributed by atoms with Crippen LogP contribution in [-0.2, 0) is 14.3 Å². The minimum atomic E-state index is -0.852. The molecular formula is C27H53N3O5. The number of carbonyl (C=O) groups excluding carboxylic acids is 3. The normalized spacial score (nSPS) is 15.5. The van der Waals surface area contributed by atoms with Gasteiger partial charge in [-0.3, -0.25) is 9.59 Å². The summed E-state index contributed by atoms with van der Waals surface area (Å²) in [5.41, 5.74) is -0.689. The molecule has 0 aliphatic heterocycles. The number of carbonyl (C=O) groups is 3. The first-order chi connectivity index (χ1) is 16.1. The summed E-state index contributed by atoms with van der Waals surface area (Å²) in [6, 6.07) is -2.04. The second kappa shape index (κ2) is 16.0. The van der Waals surface area contributed by atoms with E-state index in [0.29, 0.717) is 18.8 Å². The number of aliphatic hydroxyl groups is 1. The molecule has 8 nitrogen and oxygen atoms in total. The van der Waals surface area contributed by atoms with Crippen LogP contribution in [0.25, 0.3) is 0 Å². The Morgan fingerprint density at radius 3 is 1.77 bits per heavy atom. The molecule has 3 amide bonds. The molecule has 0 aliphatic carbocycles. The molecule has 8 heteroatoms. The van der Waals surface area contributed by atoms with Crippen molar-refractivity contribution in [1.82, 2.24) is 16.0 Å². The second-order valence-electron chi connectivity index (χ2n) is 11.8. The average molecular weight is 500 g/mol. The van der Waals surface area contributed by atoms with E-state index < -0.39 is 35.8 Å². The minimum absolute atomic E-state index is 0.185. The lowest BCUT2D eigenvalue weighted by Crippen LogP contribution is -2.59. The highest BCUT2D eigenvalue weighted by atomic mass is 16.6. The molecule has 35 heavy (non-hydrogen) atoms. The molecule has 0 saturated carbocycles. The van der Waals surface area contributed by atoms with Gasteiger partial charge >= 0.3 is 6.09 Å². The van der Waals surface area contributed by atoms with Crippen molar-refractivity contribution in [2.45, 2.75) is 138 Å². The maximum absolute atomic E-state index is 13.2. The standard InChI is InChI=1S/C27H53N3O5/c1-11-12-13-14-15-21(31)20(16-17(2)3)28-24(32)22(18(4)5)29-25(33)23(19(6)7)30-26(34)35-27(8,9)10/h17-23,31H,11-16H2,1-10H3,(H,28,32)(H,29,33)(H,30,34)/t20-,21-,22-,23-/m0/s1. The van der Waals surface area contributed by atoms with E-state index in [9.17, 15) is 19.5 Å². The number of hydrogen-bond donors (Lipinski definition) is 4. The molecule has 0 fully saturated rings. The molecular weight excluding hydrogens is 446 g/mol. The van der Waals surface area contributed by atoms with Crippen molar-refractivity contribution in [2.75, 3.05) is 0 Å². The van der Waals surface area contributed by atoms with Crippen LogP contribution >= 0.6 is 0 Å². The lowest BCUT2D eigenvalue weighted by Gasteiger charge is -2.31. The lowest BCUT2D eigenvalue weighted by molar-refractivity contribution is -0.132. The van der Waals surface area contributed by atoms with E-state index in [1.54, 1.807) is 20.8 Å². The zero-order chi connectivity index (χ0) is 27.3. The van der Waals surface area contributed by atoms with Crippen molar-refractivity contribution in [3.63, 3.8) is 0 Å². The Kier molecular flexibility index (Phi) is 15.2. The summed E-state index contributed by atoms with van der Waals surface area (Å²) in [6.45, 7) is 18.9. The first-order valence-electron chi connectivity index (χ1n) is 13.4. The third-order valence-corrected chi connectivity index (χ3v) is 5.74. The van der Waals surface area contributed by atoms with Crippen LogP contribution in [0.15, 0.2) is 0 Å². The number of aliphatic hydroxyl groups excluding tert-OH is 1. The maximum Gasteiger partial charge on any atom is 0.408 e. The van der Waals surface area contributed by atoms with Gasteiger partial charge < -0.3 is 25.8 Å². The van der Waals surface area contributed by atoms with Gasteiger partial charge in [0.1, 0.15) is 17.7 Å². The fourth-order valence-electron chi connectivity index (χ4n) is 3.82. The predicted molar refractivity (Wildman–Crippen MR) is 141 cm³/mol. The largest absolute Gasteiger partial charge is 0.444 e. The van der Waals surface area contributed by atoms with E-state index >= 15 is 0 Å². The van der Waals surface area contributed by atoms with Crippen LogP contribution in [0, 0.1) is 17.8 Å². The maximum atomic E-state index is 13.2. The zero-order valence-electron chi connectivity index (χ0n) is 23.9. The van der Waals surface area contributed by atoms with Crippen LogP contribution in [0.4, 0.5) is 4.79 Å². The minimum Gasteiger partial charge on any atom is -0.444 e. The molecule has 0 saturated heterocycles. The molecule has 0 aromatic carbocycles. The highest BCUT2D eigenvalue weighted by molar-refractivity contribution is 5.91. The van der Waals surface area contributed by atoms with Gasteiger partial charge in [-0.2, -0.15) is 0 Å². The fraction of sp³-hybridized carbons (Fsp3) is 0.889. The molecule has 0 rings (SSSR count). The molecule has 0 unspecified atom stereocenters.